The summed E-state index contributed by atoms with van der Waals surface area (Å²) >= 11 is 0. The summed E-state index contributed by atoms with van der Waals surface area (Å²) in [6.45, 7) is 5.76. The van der Waals surface area contributed by atoms with Gasteiger partial charge in [-0.3, -0.25) is 9.08 Å². The second-order valence-corrected chi connectivity index (χ2v) is 6.51. The molecular formula is C17H25N7. The molecule has 0 spiro atoms. The average molecular weight is 327 g/mol. The Labute approximate surface area is 142 Å². The molecule has 7 nitrogen and oxygen atoms in total. The third kappa shape index (κ3) is 2.99. The Bertz CT molecular complexity index is 829. The lowest BCUT2D eigenvalue weighted by Crippen LogP contribution is -2.20. The van der Waals surface area contributed by atoms with Gasteiger partial charge >= 0.3 is 0 Å². The highest BCUT2D eigenvalue weighted by atomic mass is 15.4. The van der Waals surface area contributed by atoms with Crippen LogP contribution in [0, 0.1) is 0 Å². The number of nitrogens with one attached hydrogen (secondary N) is 1. The van der Waals surface area contributed by atoms with Crippen LogP contribution in [0.2, 0.25) is 0 Å². The molecule has 0 fully saturated rings. The summed E-state index contributed by atoms with van der Waals surface area (Å²) in [5.74, 6) is 2.43. The summed E-state index contributed by atoms with van der Waals surface area (Å²) < 4.78 is 3.96. The summed E-state index contributed by atoms with van der Waals surface area (Å²) in [7, 11) is 6.10. The molecule has 1 N–H and O–H groups in total. The van der Waals surface area contributed by atoms with Gasteiger partial charge in [-0.1, -0.05) is 19.9 Å². The van der Waals surface area contributed by atoms with Gasteiger partial charge in [0.15, 0.2) is 11.5 Å². The van der Waals surface area contributed by atoms with E-state index in [4.69, 9.17) is 5.10 Å². The van der Waals surface area contributed by atoms with Crippen LogP contribution in [-0.2, 0) is 20.1 Å². The zero-order chi connectivity index (χ0) is 17.3. The first-order valence-corrected chi connectivity index (χ1v) is 8.21. The lowest BCUT2D eigenvalue weighted by Gasteiger charge is -2.16. The Balaban J connectivity index is 1.79. The molecule has 0 saturated heterocycles. The lowest BCUT2D eigenvalue weighted by molar-refractivity contribution is 0.647. The minimum atomic E-state index is 0.385. The van der Waals surface area contributed by atoms with Crippen molar-refractivity contribution < 1.29 is 0 Å². The standard InChI is InChI=1S/C17H25N7/c1-12(2)16-13(17(22(3)4)23(5)21-16)10-18-11-15-20-19-14-8-6-7-9-24(14)15/h6-9,12,18H,10-11H2,1-5H3. The maximum Gasteiger partial charge on any atom is 0.160 e. The lowest BCUT2D eigenvalue weighted by atomic mass is 10.1. The fourth-order valence-corrected chi connectivity index (χ4v) is 3.08. The normalized spacial score (nSPS) is 11.6. The van der Waals surface area contributed by atoms with Gasteiger partial charge in [0.25, 0.3) is 0 Å². The SMILES string of the molecule is CC(C)c1nn(C)c(N(C)C)c1CNCc1nnc2ccccn12. The Morgan fingerprint density at radius 3 is 2.67 bits per heavy atom. The molecular weight excluding hydrogens is 302 g/mol. The molecule has 0 saturated carbocycles. The maximum absolute atomic E-state index is 4.70. The van der Waals surface area contributed by atoms with E-state index in [2.05, 4.69) is 48.4 Å². The Morgan fingerprint density at radius 2 is 1.96 bits per heavy atom. The zero-order valence-electron chi connectivity index (χ0n) is 15.0. The Morgan fingerprint density at radius 1 is 1.17 bits per heavy atom. The Kier molecular flexibility index (Phi) is 4.53. The van der Waals surface area contributed by atoms with Gasteiger partial charge in [-0.05, 0) is 18.1 Å². The molecule has 3 aromatic heterocycles. The van der Waals surface area contributed by atoms with Crippen molar-refractivity contribution in [3.05, 3.63) is 41.5 Å². The highest BCUT2D eigenvalue weighted by Crippen LogP contribution is 2.27. The van der Waals surface area contributed by atoms with Crippen LogP contribution in [0.5, 0.6) is 0 Å². The number of rotatable bonds is 6. The van der Waals surface area contributed by atoms with Gasteiger partial charge in [0.1, 0.15) is 5.82 Å². The van der Waals surface area contributed by atoms with E-state index >= 15 is 0 Å². The molecule has 3 heterocycles. The zero-order valence-corrected chi connectivity index (χ0v) is 15.0. The number of hydrogen-bond donors (Lipinski definition) is 1. The van der Waals surface area contributed by atoms with E-state index in [9.17, 15) is 0 Å². The first-order chi connectivity index (χ1) is 11.5. The number of aryl methyl sites for hydroxylation is 1. The van der Waals surface area contributed by atoms with E-state index in [0.717, 1.165) is 29.5 Å². The van der Waals surface area contributed by atoms with Gasteiger partial charge in [-0.15, -0.1) is 10.2 Å². The minimum absolute atomic E-state index is 0.385. The predicted octanol–water partition coefficient (Wildman–Crippen LogP) is 1.94. The van der Waals surface area contributed by atoms with Crippen molar-refractivity contribution in [2.75, 3.05) is 19.0 Å². The Hall–Kier alpha value is -2.41. The summed E-state index contributed by atoms with van der Waals surface area (Å²) in [6.07, 6.45) is 1.99. The number of aromatic nitrogens is 5. The van der Waals surface area contributed by atoms with Crippen molar-refractivity contribution in [3.63, 3.8) is 0 Å². The highest BCUT2D eigenvalue weighted by Gasteiger charge is 2.19. The largest absolute Gasteiger partial charge is 0.363 e. The highest BCUT2D eigenvalue weighted by molar-refractivity contribution is 5.50. The second kappa shape index (κ2) is 6.60. The smallest absolute Gasteiger partial charge is 0.160 e. The molecule has 0 atom stereocenters. The molecule has 0 aliphatic carbocycles. The molecule has 128 valence electrons. The van der Waals surface area contributed by atoms with Crippen LogP contribution in [0.15, 0.2) is 24.4 Å². The molecule has 0 unspecified atom stereocenters. The molecule has 3 aromatic rings. The van der Waals surface area contributed by atoms with Crippen LogP contribution >= 0.6 is 0 Å². The van der Waals surface area contributed by atoms with E-state index in [0.29, 0.717) is 12.5 Å². The monoisotopic (exact) mass is 327 g/mol. The van der Waals surface area contributed by atoms with Crippen molar-refractivity contribution in [2.24, 2.45) is 7.05 Å². The van der Waals surface area contributed by atoms with Crippen LogP contribution in [-0.4, -0.2) is 38.5 Å². The van der Waals surface area contributed by atoms with Gasteiger partial charge in [0.2, 0.25) is 0 Å². The molecule has 0 radical (unpaired) electrons. The number of anilines is 1. The fourth-order valence-electron chi connectivity index (χ4n) is 3.08. The van der Waals surface area contributed by atoms with Gasteiger partial charge in [-0.25, -0.2) is 0 Å². The van der Waals surface area contributed by atoms with E-state index in [1.807, 2.05) is 40.5 Å². The van der Waals surface area contributed by atoms with Gasteiger partial charge in [0.05, 0.1) is 12.2 Å². The van der Waals surface area contributed by atoms with Crippen LogP contribution in [0.1, 0.15) is 36.8 Å². The third-order valence-corrected chi connectivity index (χ3v) is 4.08. The number of nitrogens with zero attached hydrogens (tertiary/aromatic N) is 6. The van der Waals surface area contributed by atoms with Gasteiger partial charge in [-0.2, -0.15) is 5.10 Å². The van der Waals surface area contributed by atoms with E-state index < -0.39 is 0 Å². The summed E-state index contributed by atoms with van der Waals surface area (Å²) in [5.41, 5.74) is 3.25. The minimum Gasteiger partial charge on any atom is -0.363 e. The molecule has 0 aliphatic rings. The summed E-state index contributed by atoms with van der Waals surface area (Å²) in [5, 5.41) is 16.6. The number of fused-ring (bicyclic) bond motifs is 1. The second-order valence-electron chi connectivity index (χ2n) is 6.51. The summed E-state index contributed by atoms with van der Waals surface area (Å²) in [4.78, 5) is 2.11. The topological polar surface area (TPSA) is 63.3 Å². The molecule has 0 aromatic carbocycles. The van der Waals surface area contributed by atoms with Crippen LogP contribution in [0.4, 0.5) is 5.82 Å². The average Bonchev–Trinajstić information content (AvgIpc) is 3.09. The van der Waals surface area contributed by atoms with Gasteiger partial charge < -0.3 is 10.2 Å². The fraction of sp³-hybridized carbons (Fsp3) is 0.471. The van der Waals surface area contributed by atoms with Crippen molar-refractivity contribution in [1.82, 2.24) is 29.7 Å². The van der Waals surface area contributed by atoms with Crippen LogP contribution < -0.4 is 10.2 Å². The van der Waals surface area contributed by atoms with Gasteiger partial charge in [0, 0.05) is 39.4 Å². The van der Waals surface area contributed by atoms with Crippen molar-refractivity contribution in [1.29, 1.82) is 0 Å². The molecule has 0 amide bonds. The van der Waals surface area contributed by atoms with Crippen molar-refractivity contribution in [2.45, 2.75) is 32.9 Å². The molecule has 0 bridgehead atoms. The molecule has 24 heavy (non-hydrogen) atoms. The van der Waals surface area contributed by atoms with E-state index in [1.165, 1.54) is 5.56 Å². The first-order valence-electron chi connectivity index (χ1n) is 8.21. The first kappa shape index (κ1) is 16.4. The predicted molar refractivity (Wildman–Crippen MR) is 95.2 cm³/mol. The van der Waals surface area contributed by atoms with Crippen molar-refractivity contribution in [3.8, 4) is 0 Å². The maximum atomic E-state index is 4.70. The number of hydrogen-bond acceptors (Lipinski definition) is 5. The van der Waals surface area contributed by atoms with E-state index in [1.54, 1.807) is 0 Å². The van der Waals surface area contributed by atoms with Crippen LogP contribution in [0.25, 0.3) is 5.65 Å². The number of pyridine rings is 1. The quantitative estimate of drug-likeness (QED) is 0.750. The molecule has 7 heteroatoms. The summed E-state index contributed by atoms with van der Waals surface area (Å²) in [6, 6.07) is 5.91. The van der Waals surface area contributed by atoms with Crippen LogP contribution in [0.3, 0.4) is 0 Å². The van der Waals surface area contributed by atoms with Crippen molar-refractivity contribution >= 4 is 11.5 Å². The molecule has 3 rings (SSSR count). The van der Waals surface area contributed by atoms with E-state index in [-0.39, 0.29) is 0 Å². The third-order valence-electron chi connectivity index (χ3n) is 4.08. The molecule has 0 aliphatic heterocycles.